The predicted octanol–water partition coefficient (Wildman–Crippen LogP) is 0.971. The molecule has 1 aliphatic heterocycles. The van der Waals surface area contributed by atoms with Gasteiger partial charge in [-0.05, 0) is 24.1 Å². The Labute approximate surface area is 99.8 Å². The summed E-state index contributed by atoms with van der Waals surface area (Å²) in [6.07, 6.45) is 0. The van der Waals surface area contributed by atoms with E-state index in [4.69, 9.17) is 5.73 Å². The van der Waals surface area contributed by atoms with Gasteiger partial charge in [0.1, 0.15) is 6.54 Å². The van der Waals surface area contributed by atoms with Crippen LogP contribution in [0.2, 0.25) is 0 Å². The van der Waals surface area contributed by atoms with Crippen molar-refractivity contribution in [1.29, 1.82) is 0 Å². The fraction of sp³-hybridized carbons (Fsp3) is 0.333. The van der Waals surface area contributed by atoms with Gasteiger partial charge in [0.2, 0.25) is 0 Å². The van der Waals surface area contributed by atoms with Gasteiger partial charge in [0.25, 0.3) is 5.91 Å². The zero-order chi connectivity index (χ0) is 12.6. The molecule has 0 bridgehead atoms. The number of nitrogens with zero attached hydrogens (tertiary/aromatic N) is 2. The maximum atomic E-state index is 11.7. The van der Waals surface area contributed by atoms with Crippen LogP contribution in [0.5, 0.6) is 0 Å². The number of nitrogen functional groups attached to an aromatic ring is 1. The lowest BCUT2D eigenvalue weighted by Gasteiger charge is -2.16. The number of imide groups is 1. The highest BCUT2D eigenvalue weighted by atomic mass is 16.2. The van der Waals surface area contributed by atoms with Gasteiger partial charge in [-0.3, -0.25) is 9.69 Å². The van der Waals surface area contributed by atoms with Crippen molar-refractivity contribution in [2.75, 3.05) is 19.3 Å². The SMILES string of the molecule is Cc1c(N)cccc1CN1C(=O)CN(C)C1=O. The minimum Gasteiger partial charge on any atom is -0.399 e. The smallest absolute Gasteiger partial charge is 0.327 e. The first-order chi connectivity index (χ1) is 8.00. The molecule has 1 saturated heterocycles. The highest BCUT2D eigenvalue weighted by Crippen LogP contribution is 2.19. The quantitative estimate of drug-likeness (QED) is 0.611. The third-order valence-corrected chi connectivity index (χ3v) is 3.05. The third-order valence-electron chi connectivity index (χ3n) is 3.05. The lowest BCUT2D eigenvalue weighted by molar-refractivity contribution is -0.125. The Hall–Kier alpha value is -2.04. The highest BCUT2D eigenvalue weighted by Gasteiger charge is 2.33. The van der Waals surface area contributed by atoms with Crippen molar-refractivity contribution in [3.05, 3.63) is 29.3 Å². The van der Waals surface area contributed by atoms with Crippen LogP contribution in [0.4, 0.5) is 10.5 Å². The van der Waals surface area contributed by atoms with Crippen molar-refractivity contribution < 1.29 is 9.59 Å². The number of hydrogen-bond donors (Lipinski definition) is 1. The summed E-state index contributed by atoms with van der Waals surface area (Å²) in [7, 11) is 1.62. The summed E-state index contributed by atoms with van der Waals surface area (Å²) in [6.45, 7) is 2.33. The fourth-order valence-corrected chi connectivity index (χ4v) is 1.87. The summed E-state index contributed by atoms with van der Waals surface area (Å²) >= 11 is 0. The Morgan fingerprint density at radius 1 is 1.35 bits per heavy atom. The van der Waals surface area contributed by atoms with E-state index in [9.17, 15) is 9.59 Å². The van der Waals surface area contributed by atoms with E-state index in [1.807, 2.05) is 19.1 Å². The summed E-state index contributed by atoms with van der Waals surface area (Å²) in [5.74, 6) is -0.167. The number of rotatable bonds is 2. The molecule has 1 heterocycles. The number of urea groups is 1. The number of carbonyl (C=O) groups excluding carboxylic acids is 2. The number of carbonyl (C=O) groups is 2. The zero-order valence-electron chi connectivity index (χ0n) is 9.93. The van der Waals surface area contributed by atoms with Crippen molar-refractivity contribution in [3.63, 3.8) is 0 Å². The number of nitrogens with two attached hydrogens (primary N) is 1. The van der Waals surface area contributed by atoms with Crippen LogP contribution >= 0.6 is 0 Å². The molecule has 0 spiro atoms. The Kier molecular flexibility index (Phi) is 2.75. The molecule has 1 aromatic carbocycles. The summed E-state index contributed by atoms with van der Waals surface area (Å²) in [5, 5.41) is 0. The first-order valence-corrected chi connectivity index (χ1v) is 5.40. The molecule has 2 rings (SSSR count). The molecule has 2 N–H and O–H groups in total. The van der Waals surface area contributed by atoms with Crippen molar-refractivity contribution in [3.8, 4) is 0 Å². The van der Waals surface area contributed by atoms with E-state index in [2.05, 4.69) is 0 Å². The van der Waals surface area contributed by atoms with Crippen LogP contribution in [-0.4, -0.2) is 35.3 Å². The average Bonchev–Trinajstić information content (AvgIpc) is 2.51. The van der Waals surface area contributed by atoms with E-state index >= 15 is 0 Å². The molecule has 1 aromatic rings. The summed E-state index contributed by atoms with van der Waals surface area (Å²) in [6, 6.07) is 5.26. The molecular weight excluding hydrogens is 218 g/mol. The number of benzene rings is 1. The lowest BCUT2D eigenvalue weighted by atomic mass is 10.1. The summed E-state index contributed by atoms with van der Waals surface area (Å²) in [4.78, 5) is 26.0. The monoisotopic (exact) mass is 233 g/mol. The molecule has 1 fully saturated rings. The number of likely N-dealkylation sites (N-methyl/N-ethyl adjacent to an activating group) is 1. The molecule has 3 amide bonds. The molecule has 0 saturated carbocycles. The Bertz CT molecular complexity index is 485. The Morgan fingerprint density at radius 2 is 2.06 bits per heavy atom. The van der Waals surface area contributed by atoms with Crippen LogP contribution in [0.3, 0.4) is 0 Å². The molecule has 5 nitrogen and oxygen atoms in total. The van der Waals surface area contributed by atoms with E-state index in [0.717, 1.165) is 11.1 Å². The van der Waals surface area contributed by atoms with Gasteiger partial charge in [0, 0.05) is 12.7 Å². The molecule has 0 unspecified atom stereocenters. The minimum absolute atomic E-state index is 0.153. The van der Waals surface area contributed by atoms with Crippen LogP contribution in [0.1, 0.15) is 11.1 Å². The molecule has 5 heteroatoms. The predicted molar refractivity (Wildman–Crippen MR) is 64.2 cm³/mol. The molecule has 17 heavy (non-hydrogen) atoms. The van der Waals surface area contributed by atoms with Crippen molar-refractivity contribution in [2.24, 2.45) is 0 Å². The third kappa shape index (κ3) is 1.95. The van der Waals surface area contributed by atoms with Crippen LogP contribution in [0.15, 0.2) is 18.2 Å². The van der Waals surface area contributed by atoms with Gasteiger partial charge in [-0.15, -0.1) is 0 Å². The molecule has 0 aromatic heterocycles. The molecule has 0 atom stereocenters. The van der Waals surface area contributed by atoms with Crippen LogP contribution in [0.25, 0.3) is 0 Å². The van der Waals surface area contributed by atoms with E-state index < -0.39 is 0 Å². The van der Waals surface area contributed by atoms with Gasteiger partial charge < -0.3 is 10.6 Å². The second-order valence-corrected chi connectivity index (χ2v) is 4.25. The molecular formula is C12H15N3O2. The molecule has 0 aliphatic carbocycles. The van der Waals surface area contributed by atoms with Gasteiger partial charge in [0.15, 0.2) is 0 Å². The standard InChI is InChI=1S/C12H15N3O2/c1-8-9(4-3-5-10(8)13)6-15-11(16)7-14(2)12(15)17/h3-5H,6-7,13H2,1-2H3. The van der Waals surface area contributed by atoms with E-state index in [1.54, 1.807) is 13.1 Å². The second kappa shape index (κ2) is 4.08. The minimum atomic E-state index is -0.253. The fourth-order valence-electron chi connectivity index (χ4n) is 1.87. The molecule has 90 valence electrons. The molecule has 1 aliphatic rings. The Balaban J connectivity index is 2.24. The average molecular weight is 233 g/mol. The topological polar surface area (TPSA) is 66.6 Å². The van der Waals surface area contributed by atoms with Crippen LogP contribution in [0, 0.1) is 6.92 Å². The largest absolute Gasteiger partial charge is 0.399 e. The first-order valence-electron chi connectivity index (χ1n) is 5.40. The van der Waals surface area contributed by atoms with Crippen molar-refractivity contribution >= 4 is 17.6 Å². The molecule has 0 radical (unpaired) electrons. The van der Waals surface area contributed by atoms with Crippen molar-refractivity contribution in [1.82, 2.24) is 9.80 Å². The van der Waals surface area contributed by atoms with Crippen LogP contribution in [-0.2, 0) is 11.3 Å². The Morgan fingerprint density at radius 3 is 2.65 bits per heavy atom. The normalized spacial score (nSPS) is 15.9. The van der Waals surface area contributed by atoms with E-state index in [-0.39, 0.29) is 18.5 Å². The van der Waals surface area contributed by atoms with Gasteiger partial charge in [0.05, 0.1) is 6.54 Å². The number of anilines is 1. The zero-order valence-corrected chi connectivity index (χ0v) is 9.93. The van der Waals surface area contributed by atoms with Gasteiger partial charge in [-0.25, -0.2) is 4.79 Å². The second-order valence-electron chi connectivity index (χ2n) is 4.25. The summed E-state index contributed by atoms with van der Waals surface area (Å²) < 4.78 is 0. The maximum Gasteiger partial charge on any atom is 0.327 e. The van der Waals surface area contributed by atoms with E-state index in [1.165, 1.54) is 9.80 Å². The van der Waals surface area contributed by atoms with Gasteiger partial charge >= 0.3 is 6.03 Å². The number of hydrogen-bond acceptors (Lipinski definition) is 3. The van der Waals surface area contributed by atoms with Crippen LogP contribution < -0.4 is 5.73 Å². The maximum absolute atomic E-state index is 11.7. The highest BCUT2D eigenvalue weighted by molar-refractivity contribution is 6.01. The summed E-state index contributed by atoms with van der Waals surface area (Å²) in [5.41, 5.74) is 8.29. The first kappa shape index (κ1) is 11.4. The van der Waals surface area contributed by atoms with Crippen molar-refractivity contribution in [2.45, 2.75) is 13.5 Å². The lowest BCUT2D eigenvalue weighted by Crippen LogP contribution is -2.31. The van der Waals surface area contributed by atoms with E-state index in [0.29, 0.717) is 12.2 Å². The van der Waals surface area contributed by atoms with Gasteiger partial charge in [-0.1, -0.05) is 12.1 Å². The van der Waals surface area contributed by atoms with Gasteiger partial charge in [-0.2, -0.15) is 0 Å². The number of amides is 3.